The number of carbonyl (C=O) groups excluding carboxylic acids is 2. The van der Waals surface area contributed by atoms with Crippen molar-refractivity contribution in [2.24, 2.45) is 5.41 Å². The van der Waals surface area contributed by atoms with E-state index in [2.05, 4.69) is 36.6 Å². The Hall–Kier alpha value is -3.02. The van der Waals surface area contributed by atoms with Crippen molar-refractivity contribution in [3.05, 3.63) is 65.7 Å². The fourth-order valence-corrected chi connectivity index (χ4v) is 3.80. The SMILES string of the molecule is CCNC(=O)COc1cccc(CNC(=O)N2CC(C)(C)C2c2ccccc2)c1. The van der Waals surface area contributed by atoms with Gasteiger partial charge in [-0.2, -0.15) is 0 Å². The lowest BCUT2D eigenvalue weighted by molar-refractivity contribution is -0.122. The molecule has 0 saturated carbocycles. The van der Waals surface area contributed by atoms with Gasteiger partial charge in [0.05, 0.1) is 6.04 Å². The molecule has 6 nitrogen and oxygen atoms in total. The van der Waals surface area contributed by atoms with Crippen LogP contribution in [-0.2, 0) is 11.3 Å². The van der Waals surface area contributed by atoms with Gasteiger partial charge >= 0.3 is 6.03 Å². The van der Waals surface area contributed by atoms with Gasteiger partial charge < -0.3 is 20.3 Å². The standard InChI is InChI=1S/C23H29N3O3/c1-4-24-20(27)15-29-19-12-8-9-17(13-19)14-25-22(28)26-16-23(2,3)21(26)18-10-6-5-7-11-18/h5-13,21H,4,14-16H2,1-3H3,(H,24,27)(H,25,28). The highest BCUT2D eigenvalue weighted by Crippen LogP contribution is 2.48. The highest BCUT2D eigenvalue weighted by atomic mass is 16.5. The van der Waals surface area contributed by atoms with E-state index in [1.165, 1.54) is 0 Å². The van der Waals surface area contributed by atoms with Gasteiger partial charge in [0, 0.05) is 25.0 Å². The van der Waals surface area contributed by atoms with E-state index in [4.69, 9.17) is 4.74 Å². The Morgan fingerprint density at radius 3 is 2.55 bits per heavy atom. The summed E-state index contributed by atoms with van der Waals surface area (Å²) in [6, 6.07) is 17.5. The molecular formula is C23H29N3O3. The molecule has 1 heterocycles. The third kappa shape index (κ3) is 5.08. The smallest absolute Gasteiger partial charge is 0.318 e. The molecule has 0 radical (unpaired) electrons. The van der Waals surface area contributed by atoms with Crippen LogP contribution in [0.2, 0.25) is 0 Å². The van der Waals surface area contributed by atoms with Crippen molar-refractivity contribution < 1.29 is 14.3 Å². The first kappa shape index (κ1) is 20.7. The van der Waals surface area contributed by atoms with E-state index < -0.39 is 0 Å². The number of nitrogens with one attached hydrogen (secondary N) is 2. The number of rotatable bonds is 7. The van der Waals surface area contributed by atoms with E-state index >= 15 is 0 Å². The second-order valence-corrected chi connectivity index (χ2v) is 7.98. The molecule has 3 rings (SSSR count). The number of nitrogens with zero attached hydrogens (tertiary/aromatic N) is 1. The zero-order chi connectivity index (χ0) is 20.9. The van der Waals surface area contributed by atoms with Gasteiger partial charge in [0.25, 0.3) is 5.91 Å². The van der Waals surface area contributed by atoms with Crippen LogP contribution in [0.5, 0.6) is 5.75 Å². The maximum atomic E-state index is 12.8. The van der Waals surface area contributed by atoms with E-state index in [-0.39, 0.29) is 30.0 Å². The first-order valence-corrected chi connectivity index (χ1v) is 9.98. The molecule has 6 heteroatoms. The molecule has 3 amide bonds. The summed E-state index contributed by atoms with van der Waals surface area (Å²) in [4.78, 5) is 26.2. The topological polar surface area (TPSA) is 70.7 Å². The van der Waals surface area contributed by atoms with Gasteiger partial charge in [0.15, 0.2) is 6.61 Å². The molecule has 0 aromatic heterocycles. The van der Waals surface area contributed by atoms with Crippen molar-refractivity contribution in [3.63, 3.8) is 0 Å². The monoisotopic (exact) mass is 395 g/mol. The molecule has 2 N–H and O–H groups in total. The van der Waals surface area contributed by atoms with Gasteiger partial charge in [-0.25, -0.2) is 4.79 Å². The molecule has 2 aromatic rings. The summed E-state index contributed by atoms with van der Waals surface area (Å²) in [6.45, 7) is 7.90. The van der Waals surface area contributed by atoms with Crippen LogP contribution in [-0.4, -0.2) is 36.5 Å². The molecule has 1 saturated heterocycles. The highest BCUT2D eigenvalue weighted by molar-refractivity contribution is 5.77. The lowest BCUT2D eigenvalue weighted by Gasteiger charge is -2.54. The molecule has 0 spiro atoms. The number of likely N-dealkylation sites (N-methyl/N-ethyl adjacent to an activating group) is 1. The van der Waals surface area contributed by atoms with Crippen LogP contribution in [0.15, 0.2) is 54.6 Å². The average Bonchev–Trinajstić information content (AvgIpc) is 2.70. The normalized spacial score (nSPS) is 17.2. The third-order valence-electron chi connectivity index (χ3n) is 5.09. The molecule has 1 unspecified atom stereocenters. The number of likely N-dealkylation sites (tertiary alicyclic amines) is 1. The van der Waals surface area contributed by atoms with Gasteiger partial charge in [0.2, 0.25) is 0 Å². The van der Waals surface area contributed by atoms with Crippen molar-refractivity contribution in [2.75, 3.05) is 19.7 Å². The predicted octanol–water partition coefficient (Wildman–Crippen LogP) is 3.49. The maximum absolute atomic E-state index is 12.8. The quantitative estimate of drug-likeness (QED) is 0.754. The molecule has 1 aliphatic heterocycles. The largest absolute Gasteiger partial charge is 0.484 e. The van der Waals surface area contributed by atoms with Crippen LogP contribution in [0.25, 0.3) is 0 Å². The summed E-state index contributed by atoms with van der Waals surface area (Å²) in [5.41, 5.74) is 2.12. The Labute approximate surface area is 172 Å². The summed E-state index contributed by atoms with van der Waals surface area (Å²) in [6.07, 6.45) is 0. The van der Waals surface area contributed by atoms with Gasteiger partial charge in [-0.15, -0.1) is 0 Å². The van der Waals surface area contributed by atoms with Crippen LogP contribution in [0.1, 0.15) is 37.9 Å². The number of hydrogen-bond donors (Lipinski definition) is 2. The molecule has 0 bridgehead atoms. The summed E-state index contributed by atoms with van der Waals surface area (Å²) >= 11 is 0. The highest BCUT2D eigenvalue weighted by Gasteiger charge is 2.48. The Balaban J connectivity index is 1.57. The van der Waals surface area contributed by atoms with Crippen LogP contribution >= 0.6 is 0 Å². The summed E-state index contributed by atoms with van der Waals surface area (Å²) in [7, 11) is 0. The van der Waals surface area contributed by atoms with Crippen LogP contribution in [0, 0.1) is 5.41 Å². The van der Waals surface area contributed by atoms with Crippen LogP contribution in [0.3, 0.4) is 0 Å². The van der Waals surface area contributed by atoms with E-state index in [0.717, 1.165) is 11.1 Å². The Morgan fingerprint density at radius 1 is 1.10 bits per heavy atom. The Morgan fingerprint density at radius 2 is 1.86 bits per heavy atom. The minimum absolute atomic E-state index is 0.0226. The molecule has 154 valence electrons. The van der Waals surface area contributed by atoms with Crippen LogP contribution < -0.4 is 15.4 Å². The van der Waals surface area contributed by atoms with E-state index in [9.17, 15) is 9.59 Å². The molecule has 1 fully saturated rings. The second-order valence-electron chi connectivity index (χ2n) is 7.98. The summed E-state index contributed by atoms with van der Waals surface area (Å²) < 4.78 is 5.51. The number of ether oxygens (including phenoxy) is 1. The number of hydrogen-bond acceptors (Lipinski definition) is 3. The first-order valence-electron chi connectivity index (χ1n) is 9.98. The molecule has 1 aliphatic rings. The van der Waals surface area contributed by atoms with Crippen LogP contribution in [0.4, 0.5) is 4.79 Å². The van der Waals surface area contributed by atoms with E-state index in [0.29, 0.717) is 25.4 Å². The summed E-state index contributed by atoms with van der Waals surface area (Å²) in [5.74, 6) is 0.453. The second kappa shape index (κ2) is 8.99. The minimum atomic E-state index is -0.154. The van der Waals surface area contributed by atoms with Crippen molar-refractivity contribution in [2.45, 2.75) is 33.4 Å². The zero-order valence-corrected chi connectivity index (χ0v) is 17.3. The van der Waals surface area contributed by atoms with Gasteiger partial charge in [-0.1, -0.05) is 56.3 Å². The maximum Gasteiger partial charge on any atom is 0.318 e. The van der Waals surface area contributed by atoms with E-state index in [1.807, 2.05) is 48.2 Å². The molecule has 2 aromatic carbocycles. The lowest BCUT2D eigenvalue weighted by atomic mass is 9.72. The average molecular weight is 396 g/mol. The molecule has 0 aliphatic carbocycles. The first-order chi connectivity index (χ1) is 13.9. The van der Waals surface area contributed by atoms with E-state index in [1.54, 1.807) is 6.07 Å². The fraction of sp³-hybridized carbons (Fsp3) is 0.391. The third-order valence-corrected chi connectivity index (χ3v) is 5.09. The van der Waals surface area contributed by atoms with Crippen molar-refractivity contribution in [1.82, 2.24) is 15.5 Å². The van der Waals surface area contributed by atoms with Crippen molar-refractivity contribution in [3.8, 4) is 5.75 Å². The lowest BCUT2D eigenvalue weighted by Crippen LogP contribution is -2.60. The van der Waals surface area contributed by atoms with Gasteiger partial charge in [-0.3, -0.25) is 4.79 Å². The Bertz CT molecular complexity index is 851. The van der Waals surface area contributed by atoms with Gasteiger partial charge in [-0.05, 0) is 30.2 Å². The molecular weight excluding hydrogens is 366 g/mol. The number of carbonyl (C=O) groups is 2. The minimum Gasteiger partial charge on any atom is -0.484 e. The Kier molecular flexibility index (Phi) is 6.42. The molecule has 29 heavy (non-hydrogen) atoms. The number of benzene rings is 2. The summed E-state index contributed by atoms with van der Waals surface area (Å²) in [5, 5.41) is 5.70. The predicted molar refractivity (Wildman–Crippen MR) is 113 cm³/mol. The van der Waals surface area contributed by atoms with Crippen molar-refractivity contribution in [1.29, 1.82) is 0 Å². The van der Waals surface area contributed by atoms with Crippen molar-refractivity contribution >= 4 is 11.9 Å². The fourth-order valence-electron chi connectivity index (χ4n) is 3.80. The molecule has 1 atom stereocenters. The number of urea groups is 1. The van der Waals surface area contributed by atoms with Gasteiger partial charge in [0.1, 0.15) is 5.75 Å². The number of amides is 3. The zero-order valence-electron chi connectivity index (χ0n) is 17.3.